The van der Waals surface area contributed by atoms with Crippen LogP contribution in [-0.2, 0) is 0 Å². The Labute approximate surface area is 202 Å². The standard InChI is InChI=1S/C25H28N8O2/c1-35-19-8-6-17(7-9-19)24(34)26-18-10-13-32(14-11-18)25-28-23(21-3-2-12-33(21)31-25)27-22-15-20(29-30-22)16-4-5-16/h2-3,6-9,12,15-16,18H,4-5,10-11,13-14H2,1H3,(H,26,34)(H2,27,28,29,30,31). The number of amides is 1. The molecule has 2 fully saturated rings. The number of nitrogens with zero attached hydrogens (tertiary/aromatic N) is 5. The first kappa shape index (κ1) is 21.5. The third-order valence-corrected chi connectivity index (χ3v) is 6.69. The molecular formula is C25H28N8O2. The van der Waals surface area contributed by atoms with Crippen molar-refractivity contribution in [1.82, 2.24) is 30.1 Å². The summed E-state index contributed by atoms with van der Waals surface area (Å²) in [5.74, 6) is 3.49. The number of piperidine rings is 1. The SMILES string of the molecule is COc1ccc(C(=O)NC2CCN(c3nc(Nc4cc(C5CC5)n[nH]4)c4cccn4n3)CC2)cc1. The highest BCUT2D eigenvalue weighted by Crippen LogP contribution is 2.39. The zero-order chi connectivity index (χ0) is 23.8. The fraction of sp³-hybridized carbons (Fsp3) is 0.360. The molecule has 4 heterocycles. The maximum Gasteiger partial charge on any atom is 0.251 e. The normalized spacial score (nSPS) is 16.4. The molecule has 0 spiro atoms. The van der Waals surface area contributed by atoms with Crippen molar-refractivity contribution in [3.05, 3.63) is 59.9 Å². The first-order chi connectivity index (χ1) is 17.2. The largest absolute Gasteiger partial charge is 0.497 e. The van der Waals surface area contributed by atoms with Crippen LogP contribution < -0.4 is 20.3 Å². The minimum atomic E-state index is -0.0623. The van der Waals surface area contributed by atoms with Gasteiger partial charge in [-0.15, -0.1) is 5.10 Å². The first-order valence-electron chi connectivity index (χ1n) is 12.0. The van der Waals surface area contributed by atoms with E-state index in [0.29, 0.717) is 17.4 Å². The van der Waals surface area contributed by atoms with Crippen molar-refractivity contribution < 1.29 is 9.53 Å². The van der Waals surface area contributed by atoms with E-state index >= 15 is 0 Å². The van der Waals surface area contributed by atoms with Crippen LogP contribution in [0.15, 0.2) is 48.7 Å². The molecule has 6 rings (SSSR count). The lowest BCUT2D eigenvalue weighted by Crippen LogP contribution is -2.45. The second kappa shape index (κ2) is 8.94. The Bertz CT molecular complexity index is 1330. The number of H-pyrrole nitrogens is 1. The van der Waals surface area contributed by atoms with Gasteiger partial charge in [-0.25, -0.2) is 4.52 Å². The van der Waals surface area contributed by atoms with Crippen LogP contribution in [0.4, 0.5) is 17.6 Å². The molecule has 1 amide bonds. The molecule has 2 aliphatic rings. The maximum atomic E-state index is 12.6. The smallest absolute Gasteiger partial charge is 0.251 e. The Morgan fingerprint density at radius 1 is 1.11 bits per heavy atom. The number of nitrogens with one attached hydrogen (secondary N) is 3. The third-order valence-electron chi connectivity index (χ3n) is 6.69. The Kier molecular flexibility index (Phi) is 5.48. The number of anilines is 3. The van der Waals surface area contributed by atoms with Crippen LogP contribution in [0.25, 0.3) is 5.52 Å². The zero-order valence-corrected chi connectivity index (χ0v) is 19.6. The molecule has 0 radical (unpaired) electrons. The summed E-state index contributed by atoms with van der Waals surface area (Å²) >= 11 is 0. The summed E-state index contributed by atoms with van der Waals surface area (Å²) < 4.78 is 7.02. The molecule has 35 heavy (non-hydrogen) atoms. The number of benzene rings is 1. The first-order valence-corrected chi connectivity index (χ1v) is 12.0. The molecule has 1 saturated carbocycles. The molecule has 0 atom stereocenters. The summed E-state index contributed by atoms with van der Waals surface area (Å²) in [5.41, 5.74) is 2.64. The van der Waals surface area contributed by atoms with Gasteiger partial charge in [0.1, 0.15) is 17.1 Å². The average molecular weight is 473 g/mol. The Morgan fingerprint density at radius 3 is 2.66 bits per heavy atom. The summed E-state index contributed by atoms with van der Waals surface area (Å²) in [4.78, 5) is 19.7. The van der Waals surface area contributed by atoms with Crippen LogP contribution in [0.3, 0.4) is 0 Å². The summed E-state index contributed by atoms with van der Waals surface area (Å²) in [6.45, 7) is 1.52. The second-order valence-electron chi connectivity index (χ2n) is 9.17. The van der Waals surface area contributed by atoms with Crippen LogP contribution >= 0.6 is 0 Å². The van der Waals surface area contributed by atoms with Crippen LogP contribution in [0, 0.1) is 0 Å². The minimum absolute atomic E-state index is 0.0623. The van der Waals surface area contributed by atoms with Crippen molar-refractivity contribution in [2.45, 2.75) is 37.6 Å². The predicted molar refractivity (Wildman–Crippen MR) is 133 cm³/mol. The molecule has 180 valence electrons. The van der Waals surface area contributed by atoms with Crippen molar-refractivity contribution in [3.63, 3.8) is 0 Å². The molecule has 1 saturated heterocycles. The number of methoxy groups -OCH3 is 1. The van der Waals surface area contributed by atoms with E-state index in [1.165, 1.54) is 12.8 Å². The molecule has 3 aromatic heterocycles. The molecule has 1 aromatic carbocycles. The van der Waals surface area contributed by atoms with E-state index in [-0.39, 0.29) is 11.9 Å². The summed E-state index contributed by atoms with van der Waals surface area (Å²) in [5, 5.41) is 18.8. The molecule has 10 heteroatoms. The average Bonchev–Trinajstić information content (AvgIpc) is 3.44. The van der Waals surface area contributed by atoms with Crippen molar-refractivity contribution in [3.8, 4) is 5.75 Å². The number of aromatic nitrogens is 5. The van der Waals surface area contributed by atoms with E-state index in [2.05, 4.69) is 31.8 Å². The molecule has 3 N–H and O–H groups in total. The number of carbonyl (C=O) groups excluding carboxylic acids is 1. The number of hydrogen-bond acceptors (Lipinski definition) is 7. The van der Waals surface area contributed by atoms with E-state index in [1.807, 2.05) is 22.8 Å². The molecule has 10 nitrogen and oxygen atoms in total. The highest BCUT2D eigenvalue weighted by molar-refractivity contribution is 5.94. The fourth-order valence-electron chi connectivity index (χ4n) is 4.50. The predicted octanol–water partition coefficient (Wildman–Crippen LogP) is 3.48. The molecule has 0 unspecified atom stereocenters. The third kappa shape index (κ3) is 4.51. The highest BCUT2D eigenvalue weighted by Gasteiger charge is 2.27. The lowest BCUT2D eigenvalue weighted by Gasteiger charge is -2.32. The Morgan fingerprint density at radius 2 is 1.91 bits per heavy atom. The number of ether oxygens (including phenoxy) is 1. The van der Waals surface area contributed by atoms with Crippen molar-refractivity contribution in [2.24, 2.45) is 0 Å². The zero-order valence-electron chi connectivity index (χ0n) is 19.6. The van der Waals surface area contributed by atoms with Crippen molar-refractivity contribution >= 4 is 29.0 Å². The Hall–Kier alpha value is -4.08. The number of carbonyl (C=O) groups is 1. The van der Waals surface area contributed by atoms with Gasteiger partial charge >= 0.3 is 0 Å². The minimum Gasteiger partial charge on any atom is -0.497 e. The van der Waals surface area contributed by atoms with Crippen molar-refractivity contribution in [1.29, 1.82) is 0 Å². The molecular weight excluding hydrogens is 444 g/mol. The summed E-state index contributed by atoms with van der Waals surface area (Å²) in [7, 11) is 1.61. The quantitative estimate of drug-likeness (QED) is 0.377. The van der Waals surface area contributed by atoms with E-state index < -0.39 is 0 Å². The van der Waals surface area contributed by atoms with Gasteiger partial charge in [0.2, 0.25) is 5.95 Å². The molecule has 1 aliphatic carbocycles. The number of aromatic amines is 1. The lowest BCUT2D eigenvalue weighted by molar-refractivity contribution is 0.0931. The fourth-order valence-corrected chi connectivity index (χ4v) is 4.50. The van der Waals surface area contributed by atoms with Gasteiger partial charge in [-0.05, 0) is 62.1 Å². The number of hydrogen-bond donors (Lipinski definition) is 3. The van der Waals surface area contributed by atoms with Gasteiger partial charge < -0.3 is 20.3 Å². The number of fused-ring (bicyclic) bond motifs is 1. The maximum absolute atomic E-state index is 12.6. The van der Waals surface area contributed by atoms with Gasteiger partial charge in [0, 0.05) is 42.9 Å². The van der Waals surface area contributed by atoms with Crippen molar-refractivity contribution in [2.75, 3.05) is 30.4 Å². The Balaban J connectivity index is 1.12. The molecule has 4 aromatic rings. The van der Waals surface area contributed by atoms with Gasteiger partial charge in [0.25, 0.3) is 5.91 Å². The highest BCUT2D eigenvalue weighted by atomic mass is 16.5. The lowest BCUT2D eigenvalue weighted by atomic mass is 10.0. The summed E-state index contributed by atoms with van der Waals surface area (Å²) in [6, 6.07) is 13.3. The van der Waals surface area contributed by atoms with Gasteiger partial charge in [-0.3, -0.25) is 9.89 Å². The summed E-state index contributed by atoms with van der Waals surface area (Å²) in [6.07, 6.45) is 5.99. The monoisotopic (exact) mass is 472 g/mol. The van der Waals surface area contributed by atoms with Gasteiger partial charge in [-0.2, -0.15) is 10.1 Å². The second-order valence-corrected chi connectivity index (χ2v) is 9.17. The van der Waals surface area contributed by atoms with E-state index in [0.717, 1.165) is 54.5 Å². The van der Waals surface area contributed by atoms with Gasteiger partial charge in [0.15, 0.2) is 5.82 Å². The van der Waals surface area contributed by atoms with Crippen LogP contribution in [-0.4, -0.2) is 56.9 Å². The van der Waals surface area contributed by atoms with E-state index in [1.54, 1.807) is 31.4 Å². The molecule has 0 bridgehead atoms. The topological polar surface area (TPSA) is 112 Å². The van der Waals surface area contributed by atoms with Crippen LogP contribution in [0.2, 0.25) is 0 Å². The van der Waals surface area contributed by atoms with Crippen LogP contribution in [0.5, 0.6) is 5.75 Å². The molecule has 1 aliphatic heterocycles. The van der Waals surface area contributed by atoms with E-state index in [4.69, 9.17) is 14.8 Å². The van der Waals surface area contributed by atoms with Gasteiger partial charge in [0.05, 0.1) is 12.8 Å². The van der Waals surface area contributed by atoms with Crippen LogP contribution in [0.1, 0.15) is 47.7 Å². The van der Waals surface area contributed by atoms with Gasteiger partial charge in [-0.1, -0.05) is 0 Å². The van der Waals surface area contributed by atoms with E-state index in [9.17, 15) is 4.79 Å². The number of rotatable bonds is 7.